The molecule has 0 spiro atoms. The number of hydrogen-bond donors (Lipinski definition) is 1. The normalized spacial score (nSPS) is 20.3. The Balaban J connectivity index is 1.26. The highest BCUT2D eigenvalue weighted by atomic mass is 16.5. The lowest BCUT2D eigenvalue weighted by atomic mass is 10.1. The van der Waals surface area contributed by atoms with E-state index in [1.165, 1.54) is 0 Å². The summed E-state index contributed by atoms with van der Waals surface area (Å²) < 4.78 is 7.34. The van der Waals surface area contributed by atoms with Crippen molar-refractivity contribution in [2.45, 2.75) is 64.0 Å². The Kier molecular flexibility index (Phi) is 3.63. The molecule has 3 heterocycles. The van der Waals surface area contributed by atoms with E-state index in [0.29, 0.717) is 24.7 Å². The fourth-order valence-electron chi connectivity index (χ4n) is 3.10. The van der Waals surface area contributed by atoms with Crippen LogP contribution in [0.1, 0.15) is 54.8 Å². The number of nitrogens with zero attached hydrogens (tertiary/aromatic N) is 4. The van der Waals surface area contributed by atoms with Gasteiger partial charge >= 0.3 is 0 Å². The third kappa shape index (κ3) is 3.28. The number of aryl methyl sites for hydroxylation is 3. The molecule has 1 N–H and O–H groups in total. The van der Waals surface area contributed by atoms with Gasteiger partial charge in [0.25, 0.3) is 0 Å². The Labute approximate surface area is 134 Å². The van der Waals surface area contributed by atoms with E-state index < -0.39 is 0 Å². The molecule has 7 nitrogen and oxygen atoms in total. The number of nitrogens with one attached hydrogen (secondary N) is 1. The van der Waals surface area contributed by atoms with Crippen LogP contribution in [0.25, 0.3) is 0 Å². The summed E-state index contributed by atoms with van der Waals surface area (Å²) in [5.41, 5.74) is 1.04. The van der Waals surface area contributed by atoms with Gasteiger partial charge in [0.15, 0.2) is 5.82 Å². The Bertz CT molecular complexity index is 716. The summed E-state index contributed by atoms with van der Waals surface area (Å²) in [4.78, 5) is 21.0. The van der Waals surface area contributed by atoms with Crippen LogP contribution in [0.2, 0.25) is 0 Å². The van der Waals surface area contributed by atoms with Crippen molar-refractivity contribution < 1.29 is 9.32 Å². The number of carbonyl (C=O) groups excluding carboxylic acids is 1. The lowest BCUT2D eigenvalue weighted by molar-refractivity contribution is -0.122. The maximum atomic E-state index is 12.1. The molecular formula is C16H21N5O2. The molecule has 2 aromatic heterocycles. The summed E-state index contributed by atoms with van der Waals surface area (Å²) in [7, 11) is 0. The first kappa shape index (κ1) is 14.4. The molecule has 122 valence electrons. The Morgan fingerprint density at radius 2 is 2.26 bits per heavy atom. The van der Waals surface area contributed by atoms with Crippen LogP contribution >= 0.6 is 0 Å². The molecule has 2 aliphatic rings. The van der Waals surface area contributed by atoms with Crippen molar-refractivity contribution in [3.05, 3.63) is 29.4 Å². The molecule has 0 aromatic carbocycles. The van der Waals surface area contributed by atoms with Crippen LogP contribution < -0.4 is 5.32 Å². The van der Waals surface area contributed by atoms with Gasteiger partial charge in [0.1, 0.15) is 5.82 Å². The number of amides is 1. The molecule has 0 saturated heterocycles. The van der Waals surface area contributed by atoms with Gasteiger partial charge in [-0.25, -0.2) is 4.98 Å². The van der Waals surface area contributed by atoms with Gasteiger partial charge in [-0.3, -0.25) is 4.79 Å². The Morgan fingerprint density at radius 3 is 3.09 bits per heavy atom. The third-order valence-corrected chi connectivity index (χ3v) is 4.47. The van der Waals surface area contributed by atoms with Crippen LogP contribution in [-0.4, -0.2) is 31.6 Å². The maximum Gasteiger partial charge on any atom is 0.227 e. The molecule has 0 radical (unpaired) electrons. The first-order chi connectivity index (χ1) is 11.2. The minimum atomic E-state index is 0.0430. The fourth-order valence-corrected chi connectivity index (χ4v) is 3.10. The lowest BCUT2D eigenvalue weighted by Gasteiger charge is -2.24. The van der Waals surface area contributed by atoms with Crippen LogP contribution in [0.3, 0.4) is 0 Å². The van der Waals surface area contributed by atoms with Crippen molar-refractivity contribution in [2.75, 3.05) is 0 Å². The van der Waals surface area contributed by atoms with Crippen LogP contribution in [0.4, 0.5) is 0 Å². The van der Waals surface area contributed by atoms with Gasteiger partial charge in [-0.1, -0.05) is 5.16 Å². The molecule has 2 aromatic rings. The van der Waals surface area contributed by atoms with Crippen LogP contribution in [0, 0.1) is 6.92 Å². The van der Waals surface area contributed by atoms with Gasteiger partial charge in [0, 0.05) is 44.0 Å². The number of fused-ring (bicyclic) bond motifs is 1. The van der Waals surface area contributed by atoms with E-state index in [1.54, 1.807) is 0 Å². The quantitative estimate of drug-likeness (QED) is 0.904. The van der Waals surface area contributed by atoms with Gasteiger partial charge in [-0.15, -0.1) is 0 Å². The highest BCUT2D eigenvalue weighted by molar-refractivity contribution is 5.76. The number of carbonyl (C=O) groups is 1. The minimum absolute atomic E-state index is 0.0430. The SMILES string of the molecule is Cc1cn2c(n1)CCC(NC(=O)CCc1nc(C3CC3)no1)C2. The summed E-state index contributed by atoms with van der Waals surface area (Å²) in [6, 6.07) is 0.174. The average Bonchev–Trinajstić information content (AvgIpc) is 3.14. The highest BCUT2D eigenvalue weighted by Gasteiger charge is 2.28. The molecule has 1 aliphatic carbocycles. The largest absolute Gasteiger partial charge is 0.352 e. The fraction of sp³-hybridized carbons (Fsp3) is 0.625. The standard InChI is InChI=1S/C16H21N5O2/c1-10-8-21-9-12(4-5-13(21)17-10)18-14(22)6-7-15-19-16(20-23-15)11-2-3-11/h8,11-12H,2-7,9H2,1H3,(H,18,22). The van der Waals surface area contributed by atoms with E-state index in [1.807, 2.05) is 13.1 Å². The Hall–Kier alpha value is -2.18. The molecule has 1 amide bonds. The molecule has 1 atom stereocenters. The lowest BCUT2D eigenvalue weighted by Crippen LogP contribution is -2.41. The van der Waals surface area contributed by atoms with Gasteiger partial charge in [-0.2, -0.15) is 4.98 Å². The first-order valence-electron chi connectivity index (χ1n) is 8.32. The number of rotatable bonds is 5. The summed E-state index contributed by atoms with van der Waals surface area (Å²) >= 11 is 0. The average molecular weight is 315 g/mol. The number of imidazole rings is 1. The monoisotopic (exact) mass is 315 g/mol. The predicted molar refractivity (Wildman–Crippen MR) is 81.8 cm³/mol. The van der Waals surface area contributed by atoms with Crippen molar-refractivity contribution in [1.82, 2.24) is 25.0 Å². The van der Waals surface area contributed by atoms with Crippen molar-refractivity contribution >= 4 is 5.91 Å². The predicted octanol–water partition coefficient (Wildman–Crippen LogP) is 1.52. The second kappa shape index (κ2) is 5.79. The van der Waals surface area contributed by atoms with E-state index in [-0.39, 0.29) is 11.9 Å². The molecular weight excluding hydrogens is 294 g/mol. The van der Waals surface area contributed by atoms with Crippen molar-refractivity contribution in [3.8, 4) is 0 Å². The second-order valence-electron chi connectivity index (χ2n) is 6.57. The molecule has 0 bridgehead atoms. The van der Waals surface area contributed by atoms with Gasteiger partial charge in [0.2, 0.25) is 11.8 Å². The topological polar surface area (TPSA) is 85.8 Å². The molecule has 23 heavy (non-hydrogen) atoms. The van der Waals surface area contributed by atoms with Crippen LogP contribution in [-0.2, 0) is 24.2 Å². The van der Waals surface area contributed by atoms with E-state index in [2.05, 4.69) is 25.0 Å². The van der Waals surface area contributed by atoms with Crippen LogP contribution in [0.5, 0.6) is 0 Å². The molecule has 1 fully saturated rings. The molecule has 7 heteroatoms. The number of hydrogen-bond acceptors (Lipinski definition) is 5. The smallest absolute Gasteiger partial charge is 0.227 e. The van der Waals surface area contributed by atoms with Crippen LogP contribution in [0.15, 0.2) is 10.7 Å². The summed E-state index contributed by atoms with van der Waals surface area (Å²) in [5, 5.41) is 7.07. The van der Waals surface area contributed by atoms with Gasteiger partial charge in [-0.05, 0) is 26.2 Å². The first-order valence-corrected chi connectivity index (χ1v) is 8.32. The zero-order valence-corrected chi connectivity index (χ0v) is 13.3. The molecule has 1 unspecified atom stereocenters. The van der Waals surface area contributed by atoms with E-state index in [4.69, 9.17) is 4.52 Å². The van der Waals surface area contributed by atoms with Gasteiger partial charge < -0.3 is 14.4 Å². The maximum absolute atomic E-state index is 12.1. The zero-order valence-electron chi connectivity index (χ0n) is 13.3. The highest BCUT2D eigenvalue weighted by Crippen LogP contribution is 2.38. The van der Waals surface area contributed by atoms with E-state index in [0.717, 1.165) is 49.6 Å². The van der Waals surface area contributed by atoms with Crippen molar-refractivity contribution in [2.24, 2.45) is 0 Å². The van der Waals surface area contributed by atoms with E-state index >= 15 is 0 Å². The molecule has 4 rings (SSSR count). The third-order valence-electron chi connectivity index (χ3n) is 4.47. The number of aromatic nitrogens is 4. The summed E-state index contributed by atoms with van der Waals surface area (Å²) in [6.45, 7) is 2.80. The molecule has 1 saturated carbocycles. The minimum Gasteiger partial charge on any atom is -0.352 e. The van der Waals surface area contributed by atoms with Gasteiger partial charge in [0.05, 0.1) is 5.69 Å². The molecule has 1 aliphatic heterocycles. The van der Waals surface area contributed by atoms with Crippen molar-refractivity contribution in [3.63, 3.8) is 0 Å². The summed E-state index contributed by atoms with van der Waals surface area (Å²) in [5.74, 6) is 3.01. The second-order valence-corrected chi connectivity index (χ2v) is 6.57. The Morgan fingerprint density at radius 1 is 1.39 bits per heavy atom. The van der Waals surface area contributed by atoms with E-state index in [9.17, 15) is 4.79 Å². The van der Waals surface area contributed by atoms with Crippen molar-refractivity contribution in [1.29, 1.82) is 0 Å². The summed E-state index contributed by atoms with van der Waals surface area (Å²) in [6.07, 6.45) is 7.09. The zero-order chi connectivity index (χ0) is 15.8.